The maximum Gasteiger partial charge on any atom is 0.224 e. The first-order chi connectivity index (χ1) is 8.67. The Balaban J connectivity index is 1.79. The fourth-order valence-electron chi connectivity index (χ4n) is 1.81. The highest BCUT2D eigenvalue weighted by Crippen LogP contribution is 2.45. The van der Waals surface area contributed by atoms with Crippen molar-refractivity contribution in [1.29, 1.82) is 0 Å². The Hall–Kier alpha value is -1.22. The highest BCUT2D eigenvalue weighted by atomic mass is 35.5. The van der Waals surface area contributed by atoms with Gasteiger partial charge in [-0.3, -0.25) is 4.79 Å². The molecule has 0 bridgehead atoms. The van der Waals surface area contributed by atoms with E-state index in [1.807, 2.05) is 24.3 Å². The number of amides is 1. The van der Waals surface area contributed by atoms with Crippen molar-refractivity contribution < 1.29 is 9.53 Å². The van der Waals surface area contributed by atoms with Gasteiger partial charge in [0.25, 0.3) is 0 Å². The van der Waals surface area contributed by atoms with E-state index in [0.29, 0.717) is 18.8 Å². The van der Waals surface area contributed by atoms with Gasteiger partial charge in [-0.1, -0.05) is 12.1 Å². The van der Waals surface area contributed by atoms with Crippen molar-refractivity contribution in [3.05, 3.63) is 29.8 Å². The van der Waals surface area contributed by atoms with Crippen LogP contribution in [0.4, 0.5) is 0 Å². The average molecular weight is 268 g/mol. The molecule has 0 heterocycles. The third-order valence-electron chi connectivity index (χ3n) is 3.42. The van der Waals surface area contributed by atoms with Crippen molar-refractivity contribution in [2.75, 3.05) is 19.5 Å². The molecule has 3 nitrogen and oxygen atoms in total. The van der Waals surface area contributed by atoms with Crippen molar-refractivity contribution in [1.82, 2.24) is 5.32 Å². The van der Waals surface area contributed by atoms with Crippen molar-refractivity contribution >= 4 is 17.5 Å². The van der Waals surface area contributed by atoms with Crippen molar-refractivity contribution in [3.63, 3.8) is 0 Å². The lowest BCUT2D eigenvalue weighted by Gasteiger charge is -2.12. The quantitative estimate of drug-likeness (QED) is 0.804. The lowest BCUT2D eigenvalue weighted by atomic mass is 10.1. The van der Waals surface area contributed by atoms with Crippen LogP contribution in [0.15, 0.2) is 24.3 Å². The lowest BCUT2D eigenvalue weighted by molar-refractivity contribution is -0.120. The second-order valence-electron chi connectivity index (χ2n) is 4.94. The molecule has 0 unspecified atom stereocenters. The molecule has 0 aromatic heterocycles. The number of carbonyl (C=O) groups is 1. The summed E-state index contributed by atoms with van der Waals surface area (Å²) in [6, 6.07) is 7.55. The SMILES string of the molecule is COc1ccc(CC(=O)NCC2(CCl)CC2)cc1. The Morgan fingerprint density at radius 2 is 2.06 bits per heavy atom. The molecule has 1 fully saturated rings. The smallest absolute Gasteiger partial charge is 0.224 e. The third-order valence-corrected chi connectivity index (χ3v) is 3.99. The Labute approximate surface area is 112 Å². The minimum atomic E-state index is 0.0524. The summed E-state index contributed by atoms with van der Waals surface area (Å²) >= 11 is 5.87. The highest BCUT2D eigenvalue weighted by molar-refractivity contribution is 6.18. The van der Waals surface area contributed by atoms with E-state index in [9.17, 15) is 4.79 Å². The number of rotatable bonds is 6. The van der Waals surface area contributed by atoms with Gasteiger partial charge in [0.2, 0.25) is 5.91 Å². The minimum Gasteiger partial charge on any atom is -0.497 e. The number of methoxy groups -OCH3 is 1. The van der Waals surface area contributed by atoms with E-state index < -0.39 is 0 Å². The van der Waals surface area contributed by atoms with Gasteiger partial charge in [-0.15, -0.1) is 11.6 Å². The summed E-state index contributed by atoms with van der Waals surface area (Å²) in [6.45, 7) is 0.700. The number of carbonyl (C=O) groups excluding carboxylic acids is 1. The molecule has 1 aromatic rings. The van der Waals surface area contributed by atoms with Gasteiger partial charge >= 0.3 is 0 Å². The first-order valence-electron chi connectivity index (χ1n) is 6.13. The Morgan fingerprint density at radius 3 is 2.56 bits per heavy atom. The molecule has 0 saturated heterocycles. The maximum absolute atomic E-state index is 11.8. The molecule has 0 aliphatic heterocycles. The van der Waals surface area contributed by atoms with Gasteiger partial charge in [0, 0.05) is 17.8 Å². The zero-order valence-electron chi connectivity index (χ0n) is 10.5. The summed E-state index contributed by atoms with van der Waals surface area (Å²) in [7, 11) is 1.63. The molecular weight excluding hydrogens is 250 g/mol. The topological polar surface area (TPSA) is 38.3 Å². The van der Waals surface area contributed by atoms with E-state index in [4.69, 9.17) is 16.3 Å². The molecular formula is C14H18ClNO2. The molecule has 1 aliphatic rings. The van der Waals surface area contributed by atoms with E-state index in [1.165, 1.54) is 0 Å². The molecule has 1 aliphatic carbocycles. The molecule has 0 radical (unpaired) electrons. The van der Waals surface area contributed by atoms with Crippen LogP contribution in [0.25, 0.3) is 0 Å². The molecule has 1 amide bonds. The summed E-state index contributed by atoms with van der Waals surface area (Å²) in [4.78, 5) is 11.8. The Morgan fingerprint density at radius 1 is 1.39 bits per heavy atom. The molecule has 4 heteroatoms. The molecule has 2 rings (SSSR count). The van der Waals surface area contributed by atoms with E-state index >= 15 is 0 Å². The Kier molecular flexibility index (Phi) is 4.12. The van der Waals surface area contributed by atoms with Crippen molar-refractivity contribution in [3.8, 4) is 5.75 Å². The van der Waals surface area contributed by atoms with Gasteiger partial charge < -0.3 is 10.1 Å². The molecule has 1 saturated carbocycles. The van der Waals surface area contributed by atoms with Crippen LogP contribution in [0.1, 0.15) is 18.4 Å². The zero-order valence-corrected chi connectivity index (χ0v) is 11.3. The molecule has 18 heavy (non-hydrogen) atoms. The van der Waals surface area contributed by atoms with Gasteiger partial charge in [-0.05, 0) is 30.5 Å². The number of nitrogens with one attached hydrogen (secondary N) is 1. The predicted octanol–water partition coefficient (Wildman–Crippen LogP) is 2.37. The summed E-state index contributed by atoms with van der Waals surface area (Å²) in [5.41, 5.74) is 1.17. The summed E-state index contributed by atoms with van der Waals surface area (Å²) in [5, 5.41) is 2.96. The molecule has 98 valence electrons. The van der Waals surface area contributed by atoms with Crippen LogP contribution in [0.2, 0.25) is 0 Å². The van der Waals surface area contributed by atoms with Gasteiger partial charge in [0.05, 0.1) is 13.5 Å². The van der Waals surface area contributed by atoms with Crippen LogP contribution in [-0.2, 0) is 11.2 Å². The summed E-state index contributed by atoms with van der Waals surface area (Å²) in [5.74, 6) is 1.49. The number of ether oxygens (including phenoxy) is 1. The second kappa shape index (κ2) is 5.61. The van der Waals surface area contributed by atoms with E-state index in [2.05, 4.69) is 5.32 Å². The first-order valence-corrected chi connectivity index (χ1v) is 6.66. The van der Waals surface area contributed by atoms with Crippen LogP contribution < -0.4 is 10.1 Å². The highest BCUT2D eigenvalue weighted by Gasteiger charge is 2.41. The monoisotopic (exact) mass is 267 g/mol. The van der Waals surface area contributed by atoms with Gasteiger partial charge in [-0.25, -0.2) is 0 Å². The van der Waals surface area contributed by atoms with Gasteiger partial charge in [0.1, 0.15) is 5.75 Å². The van der Waals surface area contributed by atoms with Crippen LogP contribution in [0.3, 0.4) is 0 Å². The normalized spacial score (nSPS) is 16.1. The van der Waals surface area contributed by atoms with Crippen LogP contribution in [0.5, 0.6) is 5.75 Å². The summed E-state index contributed by atoms with van der Waals surface area (Å²) in [6.07, 6.45) is 2.65. The summed E-state index contributed by atoms with van der Waals surface area (Å²) < 4.78 is 5.07. The molecule has 0 spiro atoms. The number of halogens is 1. The number of benzene rings is 1. The number of hydrogen-bond acceptors (Lipinski definition) is 2. The second-order valence-corrected chi connectivity index (χ2v) is 5.20. The van der Waals surface area contributed by atoms with E-state index in [-0.39, 0.29) is 11.3 Å². The molecule has 1 N–H and O–H groups in total. The number of hydrogen-bond donors (Lipinski definition) is 1. The predicted molar refractivity (Wildman–Crippen MR) is 72.1 cm³/mol. The van der Waals surface area contributed by atoms with Crippen LogP contribution >= 0.6 is 11.6 Å². The minimum absolute atomic E-state index is 0.0524. The lowest BCUT2D eigenvalue weighted by Crippen LogP contribution is -2.32. The standard InChI is InChI=1S/C14H18ClNO2/c1-18-12-4-2-11(3-5-12)8-13(17)16-10-14(9-15)6-7-14/h2-5H,6-10H2,1H3,(H,16,17). The first kappa shape index (κ1) is 13.2. The maximum atomic E-state index is 11.8. The average Bonchev–Trinajstić information content (AvgIpc) is 3.18. The molecule has 1 aromatic carbocycles. The fraction of sp³-hybridized carbons (Fsp3) is 0.500. The van der Waals surface area contributed by atoms with Gasteiger partial charge in [0.15, 0.2) is 0 Å². The van der Waals surface area contributed by atoms with Crippen LogP contribution in [-0.4, -0.2) is 25.4 Å². The fourth-order valence-corrected chi connectivity index (χ4v) is 2.17. The van der Waals surface area contributed by atoms with Crippen LogP contribution in [0, 0.1) is 5.41 Å². The molecule has 0 atom stereocenters. The van der Waals surface area contributed by atoms with Crippen molar-refractivity contribution in [2.24, 2.45) is 5.41 Å². The zero-order chi connectivity index (χ0) is 13.0. The van der Waals surface area contributed by atoms with E-state index in [1.54, 1.807) is 7.11 Å². The van der Waals surface area contributed by atoms with Gasteiger partial charge in [-0.2, -0.15) is 0 Å². The number of alkyl halides is 1. The Bertz CT molecular complexity index is 412. The third kappa shape index (κ3) is 3.39. The largest absolute Gasteiger partial charge is 0.497 e. The van der Waals surface area contributed by atoms with Crippen molar-refractivity contribution in [2.45, 2.75) is 19.3 Å². The van der Waals surface area contributed by atoms with E-state index in [0.717, 1.165) is 24.2 Å².